The van der Waals surface area contributed by atoms with Crippen molar-refractivity contribution in [3.8, 4) is 0 Å². The maximum absolute atomic E-state index is 11.2. The Hall–Kier alpha value is -1.34. The number of pyridine rings is 1. The molecule has 4 N–H and O–H groups in total. The van der Waals surface area contributed by atoms with E-state index in [9.17, 15) is 8.42 Å². The van der Waals surface area contributed by atoms with Gasteiger partial charge >= 0.3 is 0 Å². The number of rotatable bonds is 5. The van der Waals surface area contributed by atoms with Crippen LogP contribution in [0.1, 0.15) is 19.5 Å². The second-order valence-electron chi connectivity index (χ2n) is 4.98. The smallest absolute Gasteiger partial charge is 0.209 e. The van der Waals surface area contributed by atoms with Crippen molar-refractivity contribution in [2.24, 2.45) is 0 Å². The highest BCUT2D eigenvalue weighted by molar-refractivity contribution is 7.88. The number of sulfonamides is 1. The van der Waals surface area contributed by atoms with Gasteiger partial charge in [0.1, 0.15) is 5.82 Å². The molecule has 0 aromatic carbocycles. The van der Waals surface area contributed by atoms with E-state index in [0.717, 1.165) is 11.9 Å². The van der Waals surface area contributed by atoms with Crippen molar-refractivity contribution >= 4 is 21.5 Å². The fourth-order valence-corrected chi connectivity index (χ4v) is 2.60. The highest BCUT2D eigenvalue weighted by Gasteiger charge is 2.21. The molecule has 0 bridgehead atoms. The minimum absolute atomic E-state index is 0.427. The van der Waals surface area contributed by atoms with Crippen LogP contribution in [0.3, 0.4) is 0 Å². The molecule has 102 valence electrons. The van der Waals surface area contributed by atoms with Crippen LogP contribution in [0.25, 0.3) is 0 Å². The molecular weight excluding hydrogens is 252 g/mol. The Labute approximate surface area is 108 Å². The molecule has 1 aromatic heterocycles. The molecule has 1 rings (SSSR count). The van der Waals surface area contributed by atoms with Gasteiger partial charge in [0.05, 0.1) is 17.6 Å². The first-order chi connectivity index (χ1) is 8.09. The molecule has 6 nitrogen and oxygen atoms in total. The number of aryl methyl sites for hydroxylation is 1. The summed E-state index contributed by atoms with van der Waals surface area (Å²) < 4.78 is 24.9. The third kappa shape index (κ3) is 4.89. The lowest BCUT2D eigenvalue weighted by molar-refractivity contribution is 0.476. The lowest BCUT2D eigenvalue weighted by Gasteiger charge is -2.25. The third-order valence-corrected chi connectivity index (χ3v) is 3.22. The zero-order valence-corrected chi connectivity index (χ0v) is 11.9. The summed E-state index contributed by atoms with van der Waals surface area (Å²) in [5, 5.41) is 3.08. The van der Waals surface area contributed by atoms with Gasteiger partial charge in [0.2, 0.25) is 10.0 Å². The number of nitrogens with one attached hydrogen (secondary N) is 2. The summed E-state index contributed by atoms with van der Waals surface area (Å²) in [5.41, 5.74) is 6.46. The SMILES string of the molecule is Cc1nc(NCC(C)(C)NS(C)(=O)=O)ccc1N. The maximum Gasteiger partial charge on any atom is 0.209 e. The quantitative estimate of drug-likeness (QED) is 0.733. The molecule has 0 saturated heterocycles. The molecule has 1 heterocycles. The van der Waals surface area contributed by atoms with Crippen LogP contribution in [-0.2, 0) is 10.0 Å². The average Bonchev–Trinajstić information content (AvgIpc) is 2.16. The van der Waals surface area contributed by atoms with Crippen LogP contribution in [0.2, 0.25) is 0 Å². The van der Waals surface area contributed by atoms with Crippen LogP contribution in [0, 0.1) is 6.92 Å². The predicted molar refractivity (Wildman–Crippen MR) is 73.9 cm³/mol. The zero-order chi connectivity index (χ0) is 14.0. The van der Waals surface area contributed by atoms with Crippen molar-refractivity contribution in [1.82, 2.24) is 9.71 Å². The molecule has 0 spiro atoms. The van der Waals surface area contributed by atoms with Crippen molar-refractivity contribution in [2.75, 3.05) is 23.9 Å². The van der Waals surface area contributed by atoms with Crippen molar-refractivity contribution < 1.29 is 8.42 Å². The molecule has 0 saturated carbocycles. The zero-order valence-electron chi connectivity index (χ0n) is 11.1. The summed E-state index contributed by atoms with van der Waals surface area (Å²) in [6, 6.07) is 3.53. The van der Waals surface area contributed by atoms with Crippen LogP contribution in [0.4, 0.5) is 11.5 Å². The monoisotopic (exact) mass is 272 g/mol. The molecular formula is C11H20N4O2S. The lowest BCUT2D eigenvalue weighted by atomic mass is 10.1. The summed E-state index contributed by atoms with van der Waals surface area (Å²) in [7, 11) is -3.23. The van der Waals surface area contributed by atoms with Gasteiger partial charge in [-0.1, -0.05) is 0 Å². The number of hydrogen-bond donors (Lipinski definition) is 3. The lowest BCUT2D eigenvalue weighted by Crippen LogP contribution is -2.47. The Morgan fingerprint density at radius 1 is 1.39 bits per heavy atom. The minimum atomic E-state index is -3.23. The Morgan fingerprint density at radius 3 is 2.50 bits per heavy atom. The summed E-state index contributed by atoms with van der Waals surface area (Å²) >= 11 is 0. The summed E-state index contributed by atoms with van der Waals surface area (Å²) in [4.78, 5) is 4.26. The van der Waals surface area contributed by atoms with E-state index in [4.69, 9.17) is 5.73 Å². The number of nitrogens with zero attached hydrogens (tertiary/aromatic N) is 1. The van der Waals surface area contributed by atoms with Gasteiger partial charge in [-0.25, -0.2) is 18.1 Å². The molecule has 1 aromatic rings. The standard InChI is InChI=1S/C11H20N4O2S/c1-8-9(12)5-6-10(14-8)13-7-11(2,3)15-18(4,16)17/h5-6,15H,7,12H2,1-4H3,(H,13,14). The van der Waals surface area contributed by atoms with Crippen molar-refractivity contribution in [2.45, 2.75) is 26.3 Å². The normalized spacial score (nSPS) is 12.4. The minimum Gasteiger partial charge on any atom is -0.397 e. The second-order valence-corrected chi connectivity index (χ2v) is 6.73. The van der Waals surface area contributed by atoms with Gasteiger partial charge in [0.15, 0.2) is 0 Å². The van der Waals surface area contributed by atoms with E-state index in [1.54, 1.807) is 26.0 Å². The molecule has 0 radical (unpaired) electrons. The van der Waals surface area contributed by atoms with Gasteiger partial charge in [-0.05, 0) is 32.9 Å². The molecule has 0 amide bonds. The van der Waals surface area contributed by atoms with E-state index in [2.05, 4.69) is 15.0 Å². The van der Waals surface area contributed by atoms with Crippen molar-refractivity contribution in [1.29, 1.82) is 0 Å². The largest absolute Gasteiger partial charge is 0.397 e. The summed E-state index contributed by atoms with van der Waals surface area (Å²) in [5.74, 6) is 0.671. The first-order valence-electron chi connectivity index (χ1n) is 5.55. The number of aromatic nitrogens is 1. The molecule has 7 heteroatoms. The predicted octanol–water partition coefficient (Wildman–Crippen LogP) is 0.712. The summed E-state index contributed by atoms with van der Waals surface area (Å²) in [6.07, 6.45) is 1.14. The van der Waals surface area contributed by atoms with Crippen molar-refractivity contribution in [3.05, 3.63) is 17.8 Å². The van der Waals surface area contributed by atoms with E-state index >= 15 is 0 Å². The molecule has 0 fully saturated rings. The van der Waals surface area contributed by atoms with E-state index in [0.29, 0.717) is 18.1 Å². The molecule has 0 aliphatic carbocycles. The Balaban J connectivity index is 2.67. The van der Waals surface area contributed by atoms with E-state index in [-0.39, 0.29) is 0 Å². The van der Waals surface area contributed by atoms with Gasteiger partial charge in [-0.2, -0.15) is 0 Å². The Kier molecular flexibility index (Phi) is 4.18. The Bertz CT molecular complexity index is 526. The first-order valence-corrected chi connectivity index (χ1v) is 7.44. The van der Waals surface area contributed by atoms with Gasteiger partial charge in [0.25, 0.3) is 0 Å². The molecule has 0 aliphatic rings. The van der Waals surface area contributed by atoms with Gasteiger partial charge in [-0.15, -0.1) is 0 Å². The highest BCUT2D eigenvalue weighted by atomic mass is 32.2. The Morgan fingerprint density at radius 2 is 2.00 bits per heavy atom. The van der Waals surface area contributed by atoms with Crippen LogP contribution in [0.5, 0.6) is 0 Å². The first kappa shape index (κ1) is 14.7. The molecule has 18 heavy (non-hydrogen) atoms. The van der Waals surface area contributed by atoms with Crippen LogP contribution < -0.4 is 15.8 Å². The van der Waals surface area contributed by atoms with Crippen LogP contribution in [-0.4, -0.2) is 31.7 Å². The third-order valence-electron chi connectivity index (χ3n) is 2.30. The van der Waals surface area contributed by atoms with Crippen LogP contribution >= 0.6 is 0 Å². The fourth-order valence-electron chi connectivity index (χ4n) is 1.52. The fraction of sp³-hybridized carbons (Fsp3) is 0.545. The van der Waals surface area contributed by atoms with Gasteiger partial charge in [-0.3, -0.25) is 0 Å². The van der Waals surface area contributed by atoms with Crippen molar-refractivity contribution in [3.63, 3.8) is 0 Å². The molecule has 0 unspecified atom stereocenters. The highest BCUT2D eigenvalue weighted by Crippen LogP contribution is 2.13. The average molecular weight is 272 g/mol. The maximum atomic E-state index is 11.2. The molecule has 0 aliphatic heterocycles. The van der Waals surface area contributed by atoms with E-state index in [1.807, 2.05) is 6.92 Å². The number of anilines is 2. The second kappa shape index (κ2) is 5.11. The number of nitrogen functional groups attached to an aromatic ring is 1. The van der Waals surface area contributed by atoms with Crippen LogP contribution in [0.15, 0.2) is 12.1 Å². The van der Waals surface area contributed by atoms with Gasteiger partial charge in [0, 0.05) is 12.1 Å². The topological polar surface area (TPSA) is 97.1 Å². The number of nitrogens with two attached hydrogens (primary N) is 1. The van der Waals surface area contributed by atoms with E-state index < -0.39 is 15.6 Å². The number of hydrogen-bond acceptors (Lipinski definition) is 5. The van der Waals surface area contributed by atoms with E-state index in [1.165, 1.54) is 0 Å². The molecule has 0 atom stereocenters. The van der Waals surface area contributed by atoms with Gasteiger partial charge < -0.3 is 11.1 Å². The summed E-state index contributed by atoms with van der Waals surface area (Å²) in [6.45, 7) is 5.84.